The molecule has 19 N–H and O–H groups in total. The second-order valence-electron chi connectivity index (χ2n) is 13.7. The standard InChI is InChI=1S/C35H45N17O8/c36-25(1-19-6-37-14-43-19)31(56)49-27(3-21-8-39-16-45-21)33(58)51-29(5-23-10-41-18-47-23)35(60)52-28(4-22-9-40-17-46-22)34(59)50-26(2-20-7-38-15-44-20)32(57)42-11-30(55)48-24(12-53)13-54/h6-10,12,14-18,24-29,54H,1-5,11,13,36H2,(H,37,43)(H,38,44)(H,39,45)(H,40,46)(H,41,47)(H,42,57)(H,48,55)(H,49,56)(H,50,59)(H,51,58)(H,52,60)/p+5/t24-,25+,26+,27+,28+,29+/m1/s1. The smallest absolute Gasteiger partial charge is 0.243 e. The third kappa shape index (κ3) is 13.3. The zero-order valence-electron chi connectivity index (χ0n) is 32.1. The molecule has 25 heteroatoms. The van der Waals surface area contributed by atoms with Gasteiger partial charge in [-0.1, -0.05) is 0 Å². The quantitative estimate of drug-likeness (QED) is 0.0262. The highest BCUT2D eigenvalue weighted by Crippen LogP contribution is 2.07. The van der Waals surface area contributed by atoms with Crippen LogP contribution in [-0.4, -0.2) is 121 Å². The number of carbonyl (C=O) groups is 7. The van der Waals surface area contributed by atoms with Crippen molar-refractivity contribution in [1.82, 2.24) is 56.8 Å². The SMILES string of the molecule is N[C@@H](Cc1c[nH+]c[nH]1)C(=O)N[C@@H](Cc1c[nH+]c[nH]1)C(=O)N[C@@H](Cc1c[nH+]c[nH]1)C(=O)N[C@@H](Cc1c[nH+]c[nH]1)C(=O)N[C@@H](Cc1c[nH+]c[nH]1)C(=O)NCC(=O)N[C@H](C=O)CO. The number of aliphatic hydroxyl groups is 1. The summed E-state index contributed by atoms with van der Waals surface area (Å²) in [5.74, 6) is -4.45. The molecule has 0 aliphatic heterocycles. The van der Waals surface area contributed by atoms with E-state index in [4.69, 9.17) is 5.73 Å². The lowest BCUT2D eigenvalue weighted by molar-refractivity contribution is -0.376. The first-order chi connectivity index (χ1) is 29.0. The summed E-state index contributed by atoms with van der Waals surface area (Å²) in [6.07, 6.45) is 15.8. The van der Waals surface area contributed by atoms with Crippen LogP contribution in [0.25, 0.3) is 0 Å². The highest BCUT2D eigenvalue weighted by Gasteiger charge is 2.35. The van der Waals surface area contributed by atoms with Gasteiger partial charge >= 0.3 is 0 Å². The lowest BCUT2D eigenvalue weighted by Crippen LogP contribution is -2.60. The molecule has 0 saturated heterocycles. The molecule has 0 unspecified atom stereocenters. The Kier molecular flexibility index (Phi) is 15.9. The monoisotopic (exact) mass is 836 g/mol. The molecule has 6 amide bonds. The van der Waals surface area contributed by atoms with E-state index >= 15 is 0 Å². The van der Waals surface area contributed by atoms with Gasteiger partial charge in [0.15, 0.2) is 0 Å². The van der Waals surface area contributed by atoms with Crippen LogP contribution in [0.3, 0.4) is 0 Å². The van der Waals surface area contributed by atoms with Gasteiger partial charge in [-0.15, -0.1) is 0 Å². The molecule has 60 heavy (non-hydrogen) atoms. The minimum absolute atomic E-state index is 0.00810. The van der Waals surface area contributed by atoms with Gasteiger partial charge in [-0.3, -0.25) is 53.7 Å². The number of carbonyl (C=O) groups excluding carboxylic acids is 7. The summed E-state index contributed by atoms with van der Waals surface area (Å²) in [5, 5.41) is 24.7. The van der Waals surface area contributed by atoms with Gasteiger partial charge in [0.25, 0.3) is 0 Å². The molecule has 318 valence electrons. The van der Waals surface area contributed by atoms with Crippen LogP contribution < -0.4 is 62.6 Å². The molecule has 0 saturated carbocycles. The molecule has 0 fully saturated rings. The van der Waals surface area contributed by atoms with Crippen LogP contribution in [0.15, 0.2) is 62.6 Å². The van der Waals surface area contributed by atoms with Crippen LogP contribution in [0.1, 0.15) is 28.5 Å². The number of rotatable bonds is 24. The van der Waals surface area contributed by atoms with E-state index in [-0.39, 0.29) is 32.1 Å². The average Bonchev–Trinajstić information content (AvgIpc) is 4.09. The fourth-order valence-corrected chi connectivity index (χ4v) is 5.99. The molecule has 0 aliphatic rings. The number of H-pyrrole nitrogens is 10. The maximum absolute atomic E-state index is 14.2. The first-order valence-corrected chi connectivity index (χ1v) is 18.8. The van der Waals surface area contributed by atoms with Crippen LogP contribution in [-0.2, 0) is 65.7 Å². The van der Waals surface area contributed by atoms with E-state index in [1.54, 1.807) is 37.3 Å². The Labute approximate surface area is 340 Å². The van der Waals surface area contributed by atoms with Crippen molar-refractivity contribution in [1.29, 1.82) is 0 Å². The highest BCUT2D eigenvalue weighted by molar-refractivity contribution is 5.96. The Hall–Kier alpha value is -7.54. The number of nitrogens with one attached hydrogen (secondary N) is 16. The number of hydrogen-bond donors (Lipinski definition) is 13. The van der Waals surface area contributed by atoms with Gasteiger partial charge in [0.2, 0.25) is 67.1 Å². The number of nitrogens with two attached hydrogens (primary N) is 1. The predicted octanol–water partition coefficient (Wildman–Crippen LogP) is -8.03. The number of aldehydes is 1. The molecule has 0 bridgehead atoms. The van der Waals surface area contributed by atoms with E-state index in [2.05, 4.69) is 81.7 Å². The zero-order valence-corrected chi connectivity index (χ0v) is 32.1. The number of aromatic nitrogens is 10. The molecular formula is C35H50N17O8+5. The lowest BCUT2D eigenvalue weighted by Gasteiger charge is -2.25. The summed E-state index contributed by atoms with van der Waals surface area (Å²) in [6, 6.07) is -7.33. The molecule has 25 nitrogen and oxygen atoms in total. The van der Waals surface area contributed by atoms with Gasteiger partial charge in [-0.25, -0.2) is 24.9 Å². The predicted molar refractivity (Wildman–Crippen MR) is 199 cm³/mol. The topological polar surface area (TPSA) is 388 Å². The molecular weight excluding hydrogens is 786 g/mol. The Morgan fingerprint density at radius 2 is 0.867 bits per heavy atom. The molecule has 0 aromatic carbocycles. The van der Waals surface area contributed by atoms with Crippen LogP contribution >= 0.6 is 0 Å². The van der Waals surface area contributed by atoms with E-state index in [1.165, 1.54) is 25.3 Å². The van der Waals surface area contributed by atoms with Crippen LogP contribution in [0.5, 0.6) is 0 Å². The number of aliphatic hydroxyl groups excluding tert-OH is 1. The van der Waals surface area contributed by atoms with Gasteiger partial charge in [0, 0.05) is 32.1 Å². The van der Waals surface area contributed by atoms with Crippen molar-refractivity contribution in [3.8, 4) is 0 Å². The lowest BCUT2D eigenvalue weighted by atomic mass is 10.0. The third-order valence-corrected chi connectivity index (χ3v) is 9.13. The number of imidazole rings is 5. The van der Waals surface area contributed by atoms with Gasteiger partial charge in [0.05, 0.1) is 19.2 Å². The van der Waals surface area contributed by atoms with Crippen molar-refractivity contribution in [2.45, 2.75) is 68.4 Å². The minimum Gasteiger partial charge on any atom is -0.394 e. The largest absolute Gasteiger partial charge is 0.394 e. The van der Waals surface area contributed by atoms with Crippen molar-refractivity contribution in [2.75, 3.05) is 13.2 Å². The second-order valence-corrected chi connectivity index (χ2v) is 13.7. The Morgan fingerprint density at radius 1 is 0.533 bits per heavy atom. The highest BCUT2D eigenvalue weighted by atomic mass is 16.3. The van der Waals surface area contributed by atoms with E-state index in [0.29, 0.717) is 34.8 Å². The molecule has 0 radical (unpaired) electrons. The maximum atomic E-state index is 14.2. The summed E-state index contributed by atoms with van der Waals surface area (Å²) < 4.78 is 0. The summed E-state index contributed by atoms with van der Waals surface area (Å²) in [7, 11) is 0. The van der Waals surface area contributed by atoms with Gasteiger partial charge in [0.1, 0.15) is 95.9 Å². The number of amides is 6. The van der Waals surface area contributed by atoms with E-state index in [0.717, 1.165) is 0 Å². The van der Waals surface area contributed by atoms with Crippen LogP contribution in [0, 0.1) is 0 Å². The van der Waals surface area contributed by atoms with Crippen LogP contribution in [0.4, 0.5) is 0 Å². The summed E-state index contributed by atoms with van der Waals surface area (Å²) in [6.45, 7) is -1.22. The Bertz CT molecular complexity index is 2110. The molecule has 0 aliphatic carbocycles. The molecule has 0 spiro atoms. The fourth-order valence-electron chi connectivity index (χ4n) is 5.99. The maximum Gasteiger partial charge on any atom is 0.243 e. The minimum atomic E-state index is -1.33. The Balaban J connectivity index is 1.34. The molecule has 6 atom stereocenters. The Morgan fingerprint density at radius 3 is 1.18 bits per heavy atom. The summed E-state index contributed by atoms with van der Waals surface area (Å²) in [4.78, 5) is 121. The first-order valence-electron chi connectivity index (χ1n) is 18.8. The van der Waals surface area contributed by atoms with Gasteiger partial charge < -0.3 is 47.5 Å². The van der Waals surface area contributed by atoms with Crippen molar-refractivity contribution >= 4 is 41.7 Å². The summed E-state index contributed by atoms with van der Waals surface area (Å²) >= 11 is 0. The molecule has 5 heterocycles. The van der Waals surface area contributed by atoms with Gasteiger partial charge in [-0.2, -0.15) is 0 Å². The number of aromatic amines is 10. The fraction of sp³-hybridized carbons (Fsp3) is 0.371. The van der Waals surface area contributed by atoms with E-state index < -0.39 is 84.8 Å². The van der Waals surface area contributed by atoms with E-state index in [1.807, 2.05) is 0 Å². The summed E-state index contributed by atoms with van der Waals surface area (Å²) in [5.41, 5.74) is 8.94. The number of hydrogen-bond acceptors (Lipinski definition) is 9. The first kappa shape index (κ1) is 43.6. The molecule has 5 rings (SSSR count). The average molecular weight is 837 g/mol. The van der Waals surface area contributed by atoms with E-state index in [9.17, 15) is 38.7 Å². The van der Waals surface area contributed by atoms with Crippen molar-refractivity contribution in [3.63, 3.8) is 0 Å². The third-order valence-electron chi connectivity index (χ3n) is 9.13. The van der Waals surface area contributed by atoms with Crippen molar-refractivity contribution in [2.24, 2.45) is 5.73 Å². The second kappa shape index (κ2) is 21.8. The normalized spacial score (nSPS) is 14.0. The van der Waals surface area contributed by atoms with Gasteiger partial charge in [-0.05, 0) is 0 Å². The molecule has 5 aromatic heterocycles. The molecule has 5 aromatic rings. The van der Waals surface area contributed by atoms with Crippen molar-refractivity contribution < 1.29 is 63.6 Å². The van der Waals surface area contributed by atoms with Crippen LogP contribution in [0.2, 0.25) is 0 Å². The van der Waals surface area contributed by atoms with Crippen molar-refractivity contribution in [3.05, 3.63) is 91.1 Å². The zero-order chi connectivity index (χ0) is 42.9.